The van der Waals surface area contributed by atoms with Crippen LogP contribution in [-0.4, -0.2) is 37.8 Å². The summed E-state index contributed by atoms with van der Waals surface area (Å²) in [6.45, 7) is 13.2. The Morgan fingerprint density at radius 2 is 1.89 bits per heavy atom. The molecule has 0 saturated carbocycles. The average molecular weight is 261 g/mol. The SMILES string of the molecule is C=NCc1ccc(NCCCN(CC)CCC)cc1. The molecule has 3 heteroatoms. The Kier molecular flexibility index (Phi) is 7.91. The van der Waals surface area contributed by atoms with E-state index < -0.39 is 0 Å². The van der Waals surface area contributed by atoms with Gasteiger partial charge in [0.25, 0.3) is 0 Å². The van der Waals surface area contributed by atoms with Crippen LogP contribution in [-0.2, 0) is 6.54 Å². The molecule has 0 unspecified atom stereocenters. The van der Waals surface area contributed by atoms with Crippen molar-refractivity contribution in [2.45, 2.75) is 33.2 Å². The first-order chi connectivity index (χ1) is 9.30. The van der Waals surface area contributed by atoms with E-state index in [-0.39, 0.29) is 0 Å². The maximum Gasteiger partial charge on any atom is 0.0632 e. The zero-order chi connectivity index (χ0) is 13.9. The molecule has 3 nitrogen and oxygen atoms in total. The smallest absolute Gasteiger partial charge is 0.0632 e. The van der Waals surface area contributed by atoms with Crippen LogP contribution in [0.4, 0.5) is 5.69 Å². The number of rotatable bonds is 10. The Bertz CT molecular complexity index is 346. The zero-order valence-corrected chi connectivity index (χ0v) is 12.4. The lowest BCUT2D eigenvalue weighted by atomic mass is 10.2. The summed E-state index contributed by atoms with van der Waals surface area (Å²) in [5.41, 5.74) is 2.40. The highest BCUT2D eigenvalue weighted by Gasteiger charge is 2.00. The van der Waals surface area contributed by atoms with Crippen LogP contribution in [0.1, 0.15) is 32.3 Å². The normalized spacial score (nSPS) is 10.7. The van der Waals surface area contributed by atoms with Crippen molar-refractivity contribution >= 4 is 12.4 Å². The van der Waals surface area contributed by atoms with Crippen LogP contribution in [0.3, 0.4) is 0 Å². The summed E-state index contributed by atoms with van der Waals surface area (Å²) in [6, 6.07) is 8.44. The molecule has 0 aliphatic rings. The maximum absolute atomic E-state index is 3.88. The molecule has 1 rings (SSSR count). The molecular formula is C16H27N3. The van der Waals surface area contributed by atoms with Gasteiger partial charge < -0.3 is 10.2 Å². The van der Waals surface area contributed by atoms with E-state index in [1.165, 1.54) is 37.2 Å². The maximum atomic E-state index is 3.88. The monoisotopic (exact) mass is 261 g/mol. The summed E-state index contributed by atoms with van der Waals surface area (Å²) in [7, 11) is 0. The largest absolute Gasteiger partial charge is 0.385 e. The summed E-state index contributed by atoms with van der Waals surface area (Å²) >= 11 is 0. The van der Waals surface area contributed by atoms with Crippen LogP contribution in [0.15, 0.2) is 29.3 Å². The molecule has 0 heterocycles. The fraction of sp³-hybridized carbons (Fsp3) is 0.562. The van der Waals surface area contributed by atoms with Gasteiger partial charge in [0.2, 0.25) is 0 Å². The standard InChI is InChI=1S/C16H27N3/c1-4-12-19(5-2)13-6-11-18-16-9-7-15(8-10-16)14-17-3/h7-10,18H,3-6,11-14H2,1-2H3. The molecule has 0 aliphatic heterocycles. The van der Waals surface area contributed by atoms with E-state index in [9.17, 15) is 0 Å². The van der Waals surface area contributed by atoms with Crippen molar-refractivity contribution in [2.75, 3.05) is 31.5 Å². The minimum absolute atomic E-state index is 0.697. The molecule has 0 spiro atoms. The van der Waals surface area contributed by atoms with Gasteiger partial charge in [0.1, 0.15) is 0 Å². The van der Waals surface area contributed by atoms with Gasteiger partial charge in [-0.3, -0.25) is 4.99 Å². The molecule has 0 fully saturated rings. The van der Waals surface area contributed by atoms with Crippen molar-refractivity contribution in [3.05, 3.63) is 29.8 Å². The van der Waals surface area contributed by atoms with Crippen LogP contribution in [0.5, 0.6) is 0 Å². The van der Waals surface area contributed by atoms with E-state index in [0.717, 1.165) is 13.1 Å². The Morgan fingerprint density at radius 1 is 1.16 bits per heavy atom. The van der Waals surface area contributed by atoms with E-state index >= 15 is 0 Å². The quantitative estimate of drug-likeness (QED) is 0.516. The molecule has 1 N–H and O–H groups in total. The van der Waals surface area contributed by atoms with Crippen LogP contribution < -0.4 is 5.32 Å². The van der Waals surface area contributed by atoms with E-state index in [1.54, 1.807) is 0 Å². The second-order valence-corrected chi connectivity index (χ2v) is 4.79. The summed E-state index contributed by atoms with van der Waals surface area (Å²) < 4.78 is 0. The van der Waals surface area contributed by atoms with Crippen LogP contribution in [0, 0.1) is 0 Å². The fourth-order valence-electron chi connectivity index (χ4n) is 2.14. The topological polar surface area (TPSA) is 27.6 Å². The number of anilines is 1. The number of hydrogen-bond acceptors (Lipinski definition) is 3. The lowest BCUT2D eigenvalue weighted by Crippen LogP contribution is -2.26. The molecule has 19 heavy (non-hydrogen) atoms. The van der Waals surface area contributed by atoms with Gasteiger partial charge in [-0.1, -0.05) is 26.0 Å². The first-order valence-corrected chi connectivity index (χ1v) is 7.27. The Hall–Kier alpha value is -1.35. The first-order valence-electron chi connectivity index (χ1n) is 7.27. The van der Waals surface area contributed by atoms with Gasteiger partial charge >= 0.3 is 0 Å². The van der Waals surface area contributed by atoms with Crippen molar-refractivity contribution in [3.63, 3.8) is 0 Å². The van der Waals surface area contributed by atoms with Crippen molar-refractivity contribution < 1.29 is 0 Å². The highest BCUT2D eigenvalue weighted by Crippen LogP contribution is 2.10. The molecule has 0 atom stereocenters. The first kappa shape index (κ1) is 15.7. The van der Waals surface area contributed by atoms with Gasteiger partial charge in [-0.2, -0.15) is 0 Å². The minimum Gasteiger partial charge on any atom is -0.385 e. The van der Waals surface area contributed by atoms with Gasteiger partial charge in [-0.05, 0) is 56.9 Å². The molecule has 1 aromatic rings. The van der Waals surface area contributed by atoms with Gasteiger partial charge in [0.05, 0.1) is 6.54 Å². The van der Waals surface area contributed by atoms with E-state index in [2.05, 4.69) is 60.0 Å². The van der Waals surface area contributed by atoms with Crippen LogP contribution >= 0.6 is 0 Å². The van der Waals surface area contributed by atoms with E-state index in [1.807, 2.05) is 0 Å². The van der Waals surface area contributed by atoms with Crippen LogP contribution in [0.2, 0.25) is 0 Å². The lowest BCUT2D eigenvalue weighted by molar-refractivity contribution is 0.288. The number of hydrogen-bond donors (Lipinski definition) is 1. The number of nitrogens with zero attached hydrogens (tertiary/aromatic N) is 2. The summed E-state index contributed by atoms with van der Waals surface area (Å²) in [6.07, 6.45) is 2.42. The molecule has 0 bridgehead atoms. The second-order valence-electron chi connectivity index (χ2n) is 4.79. The summed E-state index contributed by atoms with van der Waals surface area (Å²) in [5.74, 6) is 0. The molecule has 0 aromatic heterocycles. The molecule has 106 valence electrons. The highest BCUT2D eigenvalue weighted by molar-refractivity contribution is 5.44. The summed E-state index contributed by atoms with van der Waals surface area (Å²) in [4.78, 5) is 6.38. The third-order valence-electron chi connectivity index (χ3n) is 3.22. The third kappa shape index (κ3) is 6.39. The number of nitrogens with one attached hydrogen (secondary N) is 1. The van der Waals surface area contributed by atoms with Gasteiger partial charge in [0.15, 0.2) is 0 Å². The molecular weight excluding hydrogens is 234 g/mol. The second kappa shape index (κ2) is 9.56. The third-order valence-corrected chi connectivity index (χ3v) is 3.22. The predicted octanol–water partition coefficient (Wildman–Crippen LogP) is 3.42. The van der Waals surface area contributed by atoms with Gasteiger partial charge in [-0.15, -0.1) is 0 Å². The van der Waals surface area contributed by atoms with Gasteiger partial charge in [0, 0.05) is 12.2 Å². The predicted molar refractivity (Wildman–Crippen MR) is 85.2 cm³/mol. The van der Waals surface area contributed by atoms with Crippen molar-refractivity contribution in [2.24, 2.45) is 4.99 Å². The van der Waals surface area contributed by atoms with Crippen LogP contribution in [0.25, 0.3) is 0 Å². The zero-order valence-electron chi connectivity index (χ0n) is 12.4. The molecule has 0 aliphatic carbocycles. The van der Waals surface area contributed by atoms with Crippen molar-refractivity contribution in [3.8, 4) is 0 Å². The summed E-state index contributed by atoms with van der Waals surface area (Å²) in [5, 5.41) is 3.46. The van der Waals surface area contributed by atoms with E-state index in [4.69, 9.17) is 0 Å². The Labute approximate surface area is 117 Å². The fourth-order valence-corrected chi connectivity index (χ4v) is 2.14. The lowest BCUT2D eigenvalue weighted by Gasteiger charge is -2.19. The molecule has 0 amide bonds. The van der Waals surface area contributed by atoms with E-state index in [0.29, 0.717) is 6.54 Å². The molecule has 1 aromatic carbocycles. The average Bonchev–Trinajstić information content (AvgIpc) is 2.44. The highest BCUT2D eigenvalue weighted by atomic mass is 15.1. The van der Waals surface area contributed by atoms with Gasteiger partial charge in [-0.25, -0.2) is 0 Å². The molecule has 0 radical (unpaired) electrons. The Balaban J connectivity index is 2.23. The van der Waals surface area contributed by atoms with Crippen molar-refractivity contribution in [1.29, 1.82) is 0 Å². The van der Waals surface area contributed by atoms with Crippen molar-refractivity contribution in [1.82, 2.24) is 4.90 Å². The number of benzene rings is 1. The minimum atomic E-state index is 0.697. The Morgan fingerprint density at radius 3 is 2.47 bits per heavy atom. The molecule has 0 saturated heterocycles. The number of aliphatic imine (C=N–C) groups is 1.